The quantitative estimate of drug-likeness (QED) is 0.889. The zero-order valence-electron chi connectivity index (χ0n) is 11.9. The summed E-state index contributed by atoms with van der Waals surface area (Å²) in [4.78, 5) is 12.4. The highest BCUT2D eigenvalue weighted by atomic mass is 16.5. The van der Waals surface area contributed by atoms with Gasteiger partial charge in [-0.2, -0.15) is 4.98 Å². The molecule has 108 valence electrons. The summed E-state index contributed by atoms with van der Waals surface area (Å²) in [7, 11) is 2.97. The Balaban J connectivity index is 2.42. The van der Waals surface area contributed by atoms with Crippen molar-refractivity contribution in [1.82, 2.24) is 19.5 Å². The second-order valence-corrected chi connectivity index (χ2v) is 4.53. The molecule has 2 heterocycles. The van der Waals surface area contributed by atoms with Gasteiger partial charge in [-0.25, -0.2) is 9.97 Å². The van der Waals surface area contributed by atoms with Gasteiger partial charge in [0.1, 0.15) is 11.8 Å². The summed E-state index contributed by atoms with van der Waals surface area (Å²) in [6.45, 7) is 4.02. The van der Waals surface area contributed by atoms with E-state index >= 15 is 0 Å². The van der Waals surface area contributed by atoms with Crippen molar-refractivity contribution in [1.29, 1.82) is 0 Å². The molecule has 0 aliphatic carbocycles. The van der Waals surface area contributed by atoms with Crippen LogP contribution in [0.5, 0.6) is 11.8 Å². The monoisotopic (exact) mass is 278 g/mol. The SMILES string of the molecule is COc1cnc(C(O)c2cncn2C(C)C)c(OC)n1. The molecular weight excluding hydrogens is 260 g/mol. The number of rotatable bonds is 5. The fourth-order valence-corrected chi connectivity index (χ4v) is 1.90. The Hall–Kier alpha value is -2.15. The van der Waals surface area contributed by atoms with Gasteiger partial charge in [0, 0.05) is 6.04 Å². The molecule has 1 unspecified atom stereocenters. The maximum Gasteiger partial charge on any atom is 0.241 e. The van der Waals surface area contributed by atoms with Crippen LogP contribution in [0.25, 0.3) is 0 Å². The van der Waals surface area contributed by atoms with Crippen molar-refractivity contribution >= 4 is 0 Å². The van der Waals surface area contributed by atoms with E-state index < -0.39 is 6.10 Å². The molecule has 7 nitrogen and oxygen atoms in total. The van der Waals surface area contributed by atoms with Crippen LogP contribution in [0.3, 0.4) is 0 Å². The number of nitrogens with zero attached hydrogens (tertiary/aromatic N) is 4. The van der Waals surface area contributed by atoms with E-state index in [1.165, 1.54) is 20.4 Å². The molecule has 0 saturated carbocycles. The molecule has 0 spiro atoms. The van der Waals surface area contributed by atoms with Crippen LogP contribution in [0, 0.1) is 0 Å². The summed E-state index contributed by atoms with van der Waals surface area (Å²) in [6.07, 6.45) is 3.76. The Labute approximate surface area is 117 Å². The lowest BCUT2D eigenvalue weighted by atomic mass is 10.2. The first kappa shape index (κ1) is 14.3. The Morgan fingerprint density at radius 1 is 1.20 bits per heavy atom. The van der Waals surface area contributed by atoms with E-state index in [1.807, 2.05) is 18.4 Å². The Bertz CT molecular complexity index is 583. The Morgan fingerprint density at radius 2 is 1.95 bits per heavy atom. The first-order valence-corrected chi connectivity index (χ1v) is 6.23. The molecule has 0 aliphatic rings. The van der Waals surface area contributed by atoms with Gasteiger partial charge in [0.25, 0.3) is 0 Å². The number of aliphatic hydroxyl groups is 1. The number of imidazole rings is 1. The van der Waals surface area contributed by atoms with Crippen molar-refractivity contribution in [3.8, 4) is 11.8 Å². The topological polar surface area (TPSA) is 82.3 Å². The highest BCUT2D eigenvalue weighted by molar-refractivity contribution is 5.29. The third kappa shape index (κ3) is 2.57. The van der Waals surface area contributed by atoms with Crippen molar-refractivity contribution in [2.75, 3.05) is 14.2 Å². The number of ether oxygens (including phenoxy) is 2. The molecule has 0 amide bonds. The molecule has 1 atom stereocenters. The molecule has 0 aliphatic heterocycles. The van der Waals surface area contributed by atoms with Gasteiger partial charge in [0.15, 0.2) is 0 Å². The van der Waals surface area contributed by atoms with Gasteiger partial charge in [-0.15, -0.1) is 0 Å². The smallest absolute Gasteiger partial charge is 0.241 e. The van der Waals surface area contributed by atoms with Gasteiger partial charge < -0.3 is 19.1 Å². The minimum absolute atomic E-state index is 0.180. The van der Waals surface area contributed by atoms with Gasteiger partial charge in [-0.3, -0.25) is 0 Å². The largest absolute Gasteiger partial charge is 0.480 e. The molecule has 2 rings (SSSR count). The van der Waals surface area contributed by atoms with E-state index in [1.54, 1.807) is 12.5 Å². The normalized spacial score (nSPS) is 12.5. The van der Waals surface area contributed by atoms with E-state index in [9.17, 15) is 5.11 Å². The lowest BCUT2D eigenvalue weighted by Crippen LogP contribution is -2.13. The highest BCUT2D eigenvalue weighted by Crippen LogP contribution is 2.29. The van der Waals surface area contributed by atoms with Gasteiger partial charge >= 0.3 is 0 Å². The third-order valence-corrected chi connectivity index (χ3v) is 2.94. The van der Waals surface area contributed by atoms with Gasteiger partial charge in [0.2, 0.25) is 11.8 Å². The number of aliphatic hydroxyl groups excluding tert-OH is 1. The summed E-state index contributed by atoms with van der Waals surface area (Å²) in [5, 5.41) is 10.5. The number of hydrogen-bond acceptors (Lipinski definition) is 6. The number of aromatic nitrogens is 4. The van der Waals surface area contributed by atoms with Crippen molar-refractivity contribution in [3.63, 3.8) is 0 Å². The zero-order valence-corrected chi connectivity index (χ0v) is 11.9. The molecule has 0 saturated heterocycles. The molecule has 2 aromatic heterocycles. The van der Waals surface area contributed by atoms with Crippen molar-refractivity contribution in [3.05, 3.63) is 30.1 Å². The van der Waals surface area contributed by atoms with E-state index in [2.05, 4.69) is 15.0 Å². The molecule has 20 heavy (non-hydrogen) atoms. The summed E-state index contributed by atoms with van der Waals surface area (Å²) in [5.74, 6) is 0.559. The molecule has 2 aromatic rings. The van der Waals surface area contributed by atoms with Crippen molar-refractivity contribution in [2.24, 2.45) is 0 Å². The zero-order chi connectivity index (χ0) is 14.7. The minimum Gasteiger partial charge on any atom is -0.480 e. The fourth-order valence-electron chi connectivity index (χ4n) is 1.90. The highest BCUT2D eigenvalue weighted by Gasteiger charge is 2.23. The van der Waals surface area contributed by atoms with Crippen LogP contribution in [0.1, 0.15) is 37.4 Å². The molecular formula is C13H18N4O3. The van der Waals surface area contributed by atoms with Crippen LogP contribution in [0.4, 0.5) is 0 Å². The summed E-state index contributed by atoms with van der Waals surface area (Å²) in [5.41, 5.74) is 0.966. The molecule has 7 heteroatoms. The van der Waals surface area contributed by atoms with Crippen molar-refractivity contribution < 1.29 is 14.6 Å². The standard InChI is InChI=1S/C13H18N4O3/c1-8(2)17-7-14-5-9(17)12(18)11-13(20-4)16-10(19-3)6-15-11/h5-8,12,18H,1-4H3. The first-order valence-electron chi connectivity index (χ1n) is 6.23. The fraction of sp³-hybridized carbons (Fsp3) is 0.462. The maximum atomic E-state index is 10.5. The van der Waals surface area contributed by atoms with Crippen LogP contribution in [-0.4, -0.2) is 38.8 Å². The molecule has 0 aromatic carbocycles. The third-order valence-electron chi connectivity index (χ3n) is 2.94. The van der Waals surface area contributed by atoms with Gasteiger partial charge in [-0.05, 0) is 13.8 Å². The van der Waals surface area contributed by atoms with E-state index in [0.717, 1.165) is 0 Å². The van der Waals surface area contributed by atoms with E-state index in [0.29, 0.717) is 17.3 Å². The average molecular weight is 278 g/mol. The Kier molecular flexibility index (Phi) is 4.19. The molecule has 0 fully saturated rings. The summed E-state index contributed by atoms with van der Waals surface area (Å²) >= 11 is 0. The predicted molar refractivity (Wildman–Crippen MR) is 71.8 cm³/mol. The van der Waals surface area contributed by atoms with E-state index in [-0.39, 0.29) is 11.9 Å². The average Bonchev–Trinajstić information content (AvgIpc) is 2.95. The molecule has 0 bridgehead atoms. The van der Waals surface area contributed by atoms with Crippen LogP contribution in [-0.2, 0) is 0 Å². The van der Waals surface area contributed by atoms with Crippen LogP contribution < -0.4 is 9.47 Å². The second kappa shape index (κ2) is 5.87. The first-order chi connectivity index (χ1) is 9.58. The molecule has 0 radical (unpaired) electrons. The summed E-state index contributed by atoms with van der Waals surface area (Å²) in [6, 6.07) is 0.180. The maximum absolute atomic E-state index is 10.5. The predicted octanol–water partition coefficient (Wildman–Crippen LogP) is 1.35. The molecule has 1 N–H and O–H groups in total. The minimum atomic E-state index is -0.965. The van der Waals surface area contributed by atoms with Crippen LogP contribution >= 0.6 is 0 Å². The van der Waals surface area contributed by atoms with E-state index in [4.69, 9.17) is 9.47 Å². The van der Waals surface area contributed by atoms with Crippen molar-refractivity contribution in [2.45, 2.75) is 26.0 Å². The van der Waals surface area contributed by atoms with Crippen LogP contribution in [0.2, 0.25) is 0 Å². The van der Waals surface area contributed by atoms with Gasteiger partial charge in [0.05, 0.1) is 38.6 Å². The lowest BCUT2D eigenvalue weighted by molar-refractivity contribution is 0.195. The van der Waals surface area contributed by atoms with Crippen LogP contribution in [0.15, 0.2) is 18.7 Å². The number of hydrogen-bond donors (Lipinski definition) is 1. The Morgan fingerprint density at radius 3 is 2.55 bits per heavy atom. The van der Waals surface area contributed by atoms with Gasteiger partial charge in [-0.1, -0.05) is 0 Å². The number of methoxy groups -OCH3 is 2. The summed E-state index contributed by atoms with van der Waals surface area (Å²) < 4.78 is 12.0. The lowest BCUT2D eigenvalue weighted by Gasteiger charge is -2.17. The second-order valence-electron chi connectivity index (χ2n) is 4.53.